The third-order valence-corrected chi connectivity index (χ3v) is 6.54. The number of amides is 1. The zero-order valence-electron chi connectivity index (χ0n) is 13.6. The molecule has 1 aromatic heterocycles. The van der Waals surface area contributed by atoms with Gasteiger partial charge in [0, 0.05) is 18.9 Å². The molecule has 0 spiro atoms. The Hall–Kier alpha value is -2.22. The van der Waals surface area contributed by atoms with E-state index in [2.05, 4.69) is 15.5 Å². The number of aromatic nitrogens is 2. The van der Waals surface area contributed by atoms with E-state index in [0.29, 0.717) is 30.7 Å². The van der Waals surface area contributed by atoms with Crippen molar-refractivity contribution in [3.05, 3.63) is 35.7 Å². The van der Waals surface area contributed by atoms with Crippen LogP contribution in [0.15, 0.2) is 28.8 Å². The lowest BCUT2D eigenvalue weighted by molar-refractivity contribution is -0.119. The first kappa shape index (κ1) is 16.6. The minimum atomic E-state index is -3.31. The third kappa shape index (κ3) is 2.82. The normalized spacial score (nSPS) is 16.4. The lowest BCUT2D eigenvalue weighted by atomic mass is 9.84. The number of nitrogens with zero attached hydrogens (tertiary/aromatic N) is 2. The van der Waals surface area contributed by atoms with Gasteiger partial charge in [-0.1, -0.05) is 29.4 Å². The van der Waals surface area contributed by atoms with E-state index in [4.69, 9.17) is 4.52 Å². The third-order valence-electron chi connectivity index (χ3n) is 4.54. The van der Waals surface area contributed by atoms with Crippen molar-refractivity contribution in [1.29, 1.82) is 0 Å². The molecule has 1 fully saturated rings. The van der Waals surface area contributed by atoms with Crippen LogP contribution in [-0.2, 0) is 25.8 Å². The lowest BCUT2D eigenvalue weighted by Crippen LogP contribution is -2.42. The Balaban J connectivity index is 1.85. The van der Waals surface area contributed by atoms with E-state index >= 15 is 0 Å². The topological polar surface area (TPSA) is 102 Å². The fourth-order valence-electron chi connectivity index (χ4n) is 2.81. The van der Waals surface area contributed by atoms with Crippen LogP contribution in [-0.4, -0.2) is 37.8 Å². The maximum atomic E-state index is 12.1. The van der Waals surface area contributed by atoms with Crippen LogP contribution in [0.5, 0.6) is 0 Å². The molecule has 1 aliphatic rings. The molecule has 0 bridgehead atoms. The number of nitrogens with one attached hydrogen (secondary N) is 1. The number of carbonyl (C=O) groups is 1. The summed E-state index contributed by atoms with van der Waals surface area (Å²) >= 11 is 0. The second-order valence-corrected chi connectivity index (χ2v) is 8.42. The average Bonchev–Trinajstić information content (AvgIpc) is 2.95. The Morgan fingerprint density at radius 1 is 1.29 bits per heavy atom. The summed E-state index contributed by atoms with van der Waals surface area (Å²) in [6, 6.07) is 7.22. The summed E-state index contributed by atoms with van der Waals surface area (Å²) in [6.45, 7) is 0. The van der Waals surface area contributed by atoms with Gasteiger partial charge in [-0.05, 0) is 24.8 Å². The van der Waals surface area contributed by atoms with E-state index in [1.165, 1.54) is 6.26 Å². The molecular formula is C16H19N3O4S. The number of hydrogen-bond donors (Lipinski definition) is 1. The van der Waals surface area contributed by atoms with Gasteiger partial charge in [0.05, 0.1) is 6.42 Å². The standard InChI is InChI=1S/C16H19N3O4S/c1-17-13(20)10-11-4-6-12(7-5-11)14-18-15(23-19-14)16(8-3-9-16)24(2,21)22/h4-7H,3,8-10H2,1-2H3,(H,17,20). The molecule has 1 aliphatic carbocycles. The van der Waals surface area contributed by atoms with Crippen molar-refractivity contribution in [2.75, 3.05) is 13.3 Å². The van der Waals surface area contributed by atoms with Crippen LogP contribution in [0, 0.1) is 0 Å². The summed E-state index contributed by atoms with van der Waals surface area (Å²) in [5.41, 5.74) is 1.59. The molecule has 0 saturated heterocycles. The zero-order chi connectivity index (χ0) is 17.4. The van der Waals surface area contributed by atoms with Crippen LogP contribution in [0.2, 0.25) is 0 Å². The van der Waals surface area contributed by atoms with Gasteiger partial charge >= 0.3 is 0 Å². The molecule has 1 aromatic carbocycles. The lowest BCUT2D eigenvalue weighted by Gasteiger charge is -2.36. The molecule has 2 aromatic rings. The quantitative estimate of drug-likeness (QED) is 0.876. The van der Waals surface area contributed by atoms with Gasteiger partial charge in [-0.3, -0.25) is 4.79 Å². The van der Waals surface area contributed by atoms with Crippen molar-refractivity contribution >= 4 is 15.7 Å². The number of benzene rings is 1. The van der Waals surface area contributed by atoms with E-state index < -0.39 is 14.6 Å². The number of hydrogen-bond acceptors (Lipinski definition) is 6. The molecule has 7 nitrogen and oxygen atoms in total. The van der Waals surface area contributed by atoms with Crippen molar-refractivity contribution in [2.45, 2.75) is 30.4 Å². The largest absolute Gasteiger partial charge is 0.359 e. The summed E-state index contributed by atoms with van der Waals surface area (Å²) < 4.78 is 28.4. The minimum Gasteiger partial charge on any atom is -0.359 e. The fourth-order valence-corrected chi connectivity index (χ4v) is 4.24. The van der Waals surface area contributed by atoms with E-state index in [1.54, 1.807) is 19.2 Å². The molecule has 1 amide bonds. The molecule has 0 aliphatic heterocycles. The van der Waals surface area contributed by atoms with Gasteiger partial charge in [0.25, 0.3) is 0 Å². The van der Waals surface area contributed by atoms with E-state index in [1.807, 2.05) is 12.1 Å². The SMILES string of the molecule is CNC(=O)Cc1ccc(-c2noc(C3(S(C)(=O)=O)CCC3)n2)cc1. The maximum absolute atomic E-state index is 12.1. The summed E-state index contributed by atoms with van der Waals surface area (Å²) in [5, 5.41) is 6.50. The molecule has 1 saturated carbocycles. The van der Waals surface area contributed by atoms with Gasteiger partial charge in [-0.25, -0.2) is 8.42 Å². The maximum Gasteiger partial charge on any atom is 0.248 e. The van der Waals surface area contributed by atoms with Crippen LogP contribution >= 0.6 is 0 Å². The molecule has 3 rings (SSSR count). The van der Waals surface area contributed by atoms with Crippen LogP contribution < -0.4 is 5.32 Å². The highest BCUT2D eigenvalue weighted by Crippen LogP contribution is 2.47. The first-order valence-electron chi connectivity index (χ1n) is 7.69. The molecule has 8 heteroatoms. The molecular weight excluding hydrogens is 330 g/mol. The monoisotopic (exact) mass is 349 g/mol. The Morgan fingerprint density at radius 2 is 1.96 bits per heavy atom. The smallest absolute Gasteiger partial charge is 0.248 e. The van der Waals surface area contributed by atoms with E-state index in [9.17, 15) is 13.2 Å². The zero-order valence-corrected chi connectivity index (χ0v) is 14.4. The predicted molar refractivity (Wildman–Crippen MR) is 87.9 cm³/mol. The van der Waals surface area contributed by atoms with Gasteiger partial charge in [-0.2, -0.15) is 4.98 Å². The molecule has 1 heterocycles. The highest BCUT2D eigenvalue weighted by atomic mass is 32.2. The number of rotatable bonds is 5. The number of carbonyl (C=O) groups excluding carboxylic acids is 1. The van der Waals surface area contributed by atoms with Crippen molar-refractivity contribution in [2.24, 2.45) is 0 Å². The minimum absolute atomic E-state index is 0.0651. The summed E-state index contributed by atoms with van der Waals surface area (Å²) in [7, 11) is -1.72. The Bertz CT molecular complexity index is 852. The van der Waals surface area contributed by atoms with Crippen molar-refractivity contribution in [1.82, 2.24) is 15.5 Å². The molecule has 0 atom stereocenters. The fraction of sp³-hybridized carbons (Fsp3) is 0.438. The molecule has 24 heavy (non-hydrogen) atoms. The van der Waals surface area contributed by atoms with Crippen LogP contribution in [0.1, 0.15) is 30.7 Å². The molecule has 1 N–H and O–H groups in total. The Morgan fingerprint density at radius 3 is 2.46 bits per heavy atom. The van der Waals surface area contributed by atoms with Gasteiger partial charge in [-0.15, -0.1) is 0 Å². The molecule has 0 radical (unpaired) electrons. The summed E-state index contributed by atoms with van der Waals surface area (Å²) in [5.74, 6) is 0.455. The summed E-state index contributed by atoms with van der Waals surface area (Å²) in [6.07, 6.45) is 3.37. The first-order valence-corrected chi connectivity index (χ1v) is 9.58. The van der Waals surface area contributed by atoms with Gasteiger partial charge in [0.15, 0.2) is 14.6 Å². The second kappa shape index (κ2) is 6.01. The average molecular weight is 349 g/mol. The Kier molecular flexibility index (Phi) is 4.16. The highest BCUT2D eigenvalue weighted by molar-refractivity contribution is 7.91. The van der Waals surface area contributed by atoms with Gasteiger partial charge in [0.2, 0.25) is 17.6 Å². The highest BCUT2D eigenvalue weighted by Gasteiger charge is 2.52. The Labute approximate surface area is 140 Å². The van der Waals surface area contributed by atoms with E-state index in [-0.39, 0.29) is 11.8 Å². The van der Waals surface area contributed by atoms with E-state index in [0.717, 1.165) is 12.0 Å². The second-order valence-electron chi connectivity index (χ2n) is 6.09. The first-order chi connectivity index (χ1) is 11.4. The number of likely N-dealkylation sites (N-methyl/N-ethyl adjacent to an activating group) is 1. The van der Waals surface area contributed by atoms with Crippen molar-refractivity contribution < 1.29 is 17.7 Å². The van der Waals surface area contributed by atoms with Gasteiger partial charge < -0.3 is 9.84 Å². The van der Waals surface area contributed by atoms with Crippen molar-refractivity contribution in [3.63, 3.8) is 0 Å². The molecule has 128 valence electrons. The van der Waals surface area contributed by atoms with Crippen LogP contribution in [0.4, 0.5) is 0 Å². The number of sulfone groups is 1. The molecule has 0 unspecified atom stereocenters. The van der Waals surface area contributed by atoms with Crippen LogP contribution in [0.3, 0.4) is 0 Å². The predicted octanol–water partition coefficient (Wildman–Crippen LogP) is 1.45. The van der Waals surface area contributed by atoms with Crippen molar-refractivity contribution in [3.8, 4) is 11.4 Å². The van der Waals surface area contributed by atoms with Crippen LogP contribution in [0.25, 0.3) is 11.4 Å². The van der Waals surface area contributed by atoms with Gasteiger partial charge in [0.1, 0.15) is 0 Å². The summed E-state index contributed by atoms with van der Waals surface area (Å²) in [4.78, 5) is 15.7.